The number of anilines is 1. The molecule has 2 N–H and O–H groups in total. The minimum absolute atomic E-state index is 0.135. The van der Waals surface area contributed by atoms with E-state index in [1.54, 1.807) is 24.3 Å². The zero-order valence-corrected chi connectivity index (χ0v) is 21.2. The minimum Gasteiger partial charge on any atom is -0.493 e. The average Bonchev–Trinajstić information content (AvgIpc) is 3.38. The Kier molecular flexibility index (Phi) is 8.22. The highest BCUT2D eigenvalue weighted by molar-refractivity contribution is 7.89. The van der Waals surface area contributed by atoms with Crippen molar-refractivity contribution < 1.29 is 27.2 Å². The molecule has 2 heterocycles. The third kappa shape index (κ3) is 6.21. The van der Waals surface area contributed by atoms with Crippen LogP contribution in [0.4, 0.5) is 10.4 Å². The van der Waals surface area contributed by atoms with E-state index in [2.05, 4.69) is 19.8 Å². The number of nitrogens with zero attached hydrogens (tertiary/aromatic N) is 3. The Morgan fingerprint density at radius 2 is 1.92 bits per heavy atom. The molecule has 1 aliphatic heterocycles. The summed E-state index contributed by atoms with van der Waals surface area (Å²) in [6.45, 7) is 5.82. The van der Waals surface area contributed by atoms with Crippen LogP contribution in [0, 0.1) is 11.7 Å². The lowest BCUT2D eigenvalue weighted by Gasteiger charge is -2.30. The number of hydrogen-bond donors (Lipinski definition) is 2. The predicted molar refractivity (Wildman–Crippen MR) is 133 cm³/mol. The van der Waals surface area contributed by atoms with Gasteiger partial charge in [-0.15, -0.1) is 0 Å². The number of nitrogens with one attached hydrogen (secondary N) is 1. The van der Waals surface area contributed by atoms with Gasteiger partial charge in [0.25, 0.3) is 0 Å². The summed E-state index contributed by atoms with van der Waals surface area (Å²) in [5, 5.41) is 12.8. The Labute approximate surface area is 210 Å². The topological polar surface area (TPSA) is 118 Å². The summed E-state index contributed by atoms with van der Waals surface area (Å²) < 4.78 is 52.5. The fraction of sp³-hybridized carbons (Fsp3) is 0.440. The number of aliphatic hydroxyl groups excluding tert-OH is 1. The molecule has 0 unspecified atom stereocenters. The lowest BCUT2D eigenvalue weighted by molar-refractivity contribution is 0.220. The van der Waals surface area contributed by atoms with Gasteiger partial charge in [0.15, 0.2) is 5.82 Å². The number of sulfonamides is 1. The number of hydrogen-bond acceptors (Lipinski definition) is 8. The van der Waals surface area contributed by atoms with E-state index in [-0.39, 0.29) is 29.5 Å². The number of halogens is 1. The van der Waals surface area contributed by atoms with Crippen LogP contribution in [0.2, 0.25) is 0 Å². The van der Waals surface area contributed by atoms with E-state index in [1.165, 1.54) is 12.1 Å². The monoisotopic (exact) mass is 518 g/mol. The standard InChI is InChI=1S/C25H31FN4O5S/c1-17(2)24-28-25(35-29-24)30-12-9-18(10-13-30)16-34-20-5-3-19(4-6-20)22-8-7-21(15-23(22)26)36(32,33)27-11-14-31/h3-8,15,17-18,27,31H,9-14,16H2,1-2H3. The Balaban J connectivity index is 1.30. The van der Waals surface area contributed by atoms with Gasteiger partial charge in [0.05, 0.1) is 18.1 Å². The highest BCUT2D eigenvalue weighted by Crippen LogP contribution is 2.28. The largest absolute Gasteiger partial charge is 0.493 e. The summed E-state index contributed by atoms with van der Waals surface area (Å²) in [5.74, 6) is 1.39. The summed E-state index contributed by atoms with van der Waals surface area (Å²) in [7, 11) is -3.88. The minimum atomic E-state index is -3.88. The molecule has 0 atom stereocenters. The molecule has 0 spiro atoms. The van der Waals surface area contributed by atoms with Crippen LogP contribution in [0.1, 0.15) is 38.4 Å². The molecule has 2 aromatic carbocycles. The lowest BCUT2D eigenvalue weighted by atomic mass is 9.98. The first-order valence-electron chi connectivity index (χ1n) is 12.0. The number of rotatable bonds is 10. The van der Waals surface area contributed by atoms with Gasteiger partial charge in [-0.25, -0.2) is 17.5 Å². The van der Waals surface area contributed by atoms with Crippen molar-refractivity contribution in [2.75, 3.05) is 37.7 Å². The molecule has 1 aliphatic rings. The van der Waals surface area contributed by atoms with Gasteiger partial charge in [-0.05, 0) is 48.6 Å². The van der Waals surface area contributed by atoms with Gasteiger partial charge in [-0.1, -0.05) is 37.2 Å². The van der Waals surface area contributed by atoms with Gasteiger partial charge in [0.1, 0.15) is 11.6 Å². The molecule has 0 amide bonds. The number of aliphatic hydroxyl groups is 1. The molecular formula is C25H31FN4O5S. The van der Waals surface area contributed by atoms with E-state index in [9.17, 15) is 12.8 Å². The number of ether oxygens (including phenoxy) is 1. The maximum atomic E-state index is 14.7. The molecule has 3 aromatic rings. The summed E-state index contributed by atoms with van der Waals surface area (Å²) >= 11 is 0. The first-order valence-corrected chi connectivity index (χ1v) is 13.5. The fourth-order valence-electron chi connectivity index (χ4n) is 3.99. The second-order valence-electron chi connectivity index (χ2n) is 9.12. The highest BCUT2D eigenvalue weighted by atomic mass is 32.2. The van der Waals surface area contributed by atoms with Crippen LogP contribution in [-0.2, 0) is 10.0 Å². The van der Waals surface area contributed by atoms with E-state index in [0.717, 1.165) is 37.8 Å². The summed E-state index contributed by atoms with van der Waals surface area (Å²) in [5.41, 5.74) is 0.900. The maximum Gasteiger partial charge on any atom is 0.324 e. The third-order valence-corrected chi connectivity index (χ3v) is 7.60. The second-order valence-corrected chi connectivity index (χ2v) is 10.9. The Bertz CT molecular complexity index is 1260. The number of benzene rings is 2. The zero-order valence-electron chi connectivity index (χ0n) is 20.4. The normalized spacial score (nSPS) is 15.0. The van der Waals surface area contributed by atoms with Crippen LogP contribution in [0.3, 0.4) is 0 Å². The van der Waals surface area contributed by atoms with Crippen LogP contribution < -0.4 is 14.4 Å². The van der Waals surface area contributed by atoms with E-state index in [4.69, 9.17) is 14.4 Å². The van der Waals surface area contributed by atoms with Gasteiger partial charge >= 0.3 is 6.01 Å². The van der Waals surface area contributed by atoms with Crippen molar-refractivity contribution in [3.8, 4) is 16.9 Å². The second kappa shape index (κ2) is 11.4. The van der Waals surface area contributed by atoms with Crippen molar-refractivity contribution in [1.29, 1.82) is 0 Å². The molecule has 1 aromatic heterocycles. The zero-order chi connectivity index (χ0) is 25.7. The molecule has 1 saturated heterocycles. The SMILES string of the molecule is CC(C)c1noc(N2CCC(COc3ccc(-c4ccc(S(=O)(=O)NCCO)cc4F)cc3)CC2)n1. The van der Waals surface area contributed by atoms with Crippen molar-refractivity contribution >= 4 is 16.0 Å². The molecule has 1 fully saturated rings. The summed E-state index contributed by atoms with van der Waals surface area (Å²) in [6, 6.07) is 11.4. The molecule has 194 valence electrons. The quantitative estimate of drug-likeness (QED) is 0.418. The van der Waals surface area contributed by atoms with Gasteiger partial charge in [-0.3, -0.25) is 0 Å². The van der Waals surface area contributed by atoms with Gasteiger partial charge in [0.2, 0.25) is 10.0 Å². The molecular weight excluding hydrogens is 487 g/mol. The number of aromatic nitrogens is 2. The van der Waals surface area contributed by atoms with Crippen molar-refractivity contribution in [3.05, 3.63) is 54.1 Å². The van der Waals surface area contributed by atoms with Crippen LogP contribution in [0.15, 0.2) is 51.9 Å². The average molecular weight is 519 g/mol. The fourth-order valence-corrected chi connectivity index (χ4v) is 5.02. The first kappa shape index (κ1) is 26.1. The Morgan fingerprint density at radius 1 is 1.19 bits per heavy atom. The van der Waals surface area contributed by atoms with Crippen molar-refractivity contribution in [1.82, 2.24) is 14.9 Å². The highest BCUT2D eigenvalue weighted by Gasteiger charge is 2.24. The molecule has 36 heavy (non-hydrogen) atoms. The summed E-state index contributed by atoms with van der Waals surface area (Å²) in [6.07, 6.45) is 1.90. The van der Waals surface area contributed by atoms with Crippen LogP contribution in [0.5, 0.6) is 5.75 Å². The Hall–Kier alpha value is -3.02. The number of piperidine rings is 1. The molecule has 0 bridgehead atoms. The smallest absolute Gasteiger partial charge is 0.324 e. The van der Waals surface area contributed by atoms with Gasteiger partial charge < -0.3 is 19.3 Å². The van der Waals surface area contributed by atoms with E-state index in [0.29, 0.717) is 29.9 Å². The van der Waals surface area contributed by atoms with Crippen molar-refractivity contribution in [3.63, 3.8) is 0 Å². The maximum absolute atomic E-state index is 14.7. The van der Waals surface area contributed by atoms with Crippen molar-refractivity contribution in [2.24, 2.45) is 5.92 Å². The van der Waals surface area contributed by atoms with E-state index in [1.807, 2.05) is 13.8 Å². The van der Waals surface area contributed by atoms with Gasteiger partial charge in [0, 0.05) is 31.1 Å². The molecule has 9 nitrogen and oxygen atoms in total. The predicted octanol–water partition coefficient (Wildman–Crippen LogP) is 3.57. The van der Waals surface area contributed by atoms with E-state index >= 15 is 0 Å². The van der Waals surface area contributed by atoms with Crippen LogP contribution >= 0.6 is 0 Å². The molecule has 0 radical (unpaired) electrons. The third-order valence-electron chi connectivity index (χ3n) is 6.14. The van der Waals surface area contributed by atoms with E-state index < -0.39 is 15.8 Å². The molecule has 0 saturated carbocycles. The van der Waals surface area contributed by atoms with Crippen molar-refractivity contribution in [2.45, 2.75) is 37.5 Å². The first-order chi connectivity index (χ1) is 17.3. The Morgan fingerprint density at radius 3 is 2.53 bits per heavy atom. The lowest BCUT2D eigenvalue weighted by Crippen LogP contribution is -2.35. The van der Waals surface area contributed by atoms with Crippen LogP contribution in [0.25, 0.3) is 11.1 Å². The van der Waals surface area contributed by atoms with Crippen LogP contribution in [-0.4, -0.2) is 56.5 Å². The summed E-state index contributed by atoms with van der Waals surface area (Å²) in [4.78, 5) is 6.39. The molecule has 0 aliphatic carbocycles. The molecule has 11 heteroatoms. The van der Waals surface area contributed by atoms with Gasteiger partial charge in [-0.2, -0.15) is 4.98 Å². The molecule has 4 rings (SSSR count).